The smallest absolute Gasteiger partial charge is 0.0410 e. The van der Waals surface area contributed by atoms with E-state index in [1.165, 1.54) is 12.0 Å². The van der Waals surface area contributed by atoms with E-state index >= 15 is 0 Å². The van der Waals surface area contributed by atoms with Gasteiger partial charge in [-0.15, -0.1) is 0 Å². The van der Waals surface area contributed by atoms with Crippen LogP contribution in [0, 0.1) is 5.92 Å². The molecule has 1 fully saturated rings. The molecule has 1 aromatic rings. The summed E-state index contributed by atoms with van der Waals surface area (Å²) in [4.78, 5) is 6.61. The van der Waals surface area contributed by atoms with Gasteiger partial charge in [0.2, 0.25) is 0 Å². The molecule has 4 heteroatoms. The maximum absolute atomic E-state index is 5.67. The molecule has 1 aromatic heterocycles. The highest BCUT2D eigenvalue weighted by Crippen LogP contribution is 2.18. The van der Waals surface area contributed by atoms with Gasteiger partial charge in [-0.25, -0.2) is 0 Å². The molecular formula is C11H16BrN3. The molecule has 1 atom stereocenters. The summed E-state index contributed by atoms with van der Waals surface area (Å²) in [6, 6.07) is 2.13. The van der Waals surface area contributed by atoms with E-state index in [0.717, 1.165) is 30.7 Å². The van der Waals surface area contributed by atoms with Crippen LogP contribution < -0.4 is 5.73 Å². The Bertz CT molecular complexity index is 329. The molecule has 0 saturated carbocycles. The molecule has 0 amide bonds. The molecule has 2 heterocycles. The molecule has 0 aliphatic carbocycles. The molecular weight excluding hydrogens is 254 g/mol. The Morgan fingerprint density at radius 3 is 3.07 bits per heavy atom. The Kier molecular flexibility index (Phi) is 3.72. The van der Waals surface area contributed by atoms with Crippen LogP contribution in [-0.4, -0.2) is 29.5 Å². The molecule has 1 aliphatic heterocycles. The minimum absolute atomic E-state index is 0.685. The number of hydrogen-bond donors (Lipinski definition) is 1. The van der Waals surface area contributed by atoms with Crippen LogP contribution in [0.25, 0.3) is 0 Å². The fraction of sp³-hybridized carbons (Fsp3) is 0.545. The number of nitrogens with zero attached hydrogens (tertiary/aromatic N) is 2. The number of pyridine rings is 1. The van der Waals surface area contributed by atoms with Crippen LogP contribution in [-0.2, 0) is 6.54 Å². The number of aromatic nitrogens is 1. The predicted octanol–water partition coefficient (Wildman–Crippen LogP) is 1.62. The maximum atomic E-state index is 5.67. The Morgan fingerprint density at radius 1 is 1.53 bits per heavy atom. The summed E-state index contributed by atoms with van der Waals surface area (Å²) in [6.45, 7) is 4.09. The van der Waals surface area contributed by atoms with Crippen molar-refractivity contribution < 1.29 is 0 Å². The molecule has 1 aliphatic rings. The van der Waals surface area contributed by atoms with E-state index < -0.39 is 0 Å². The number of halogens is 1. The monoisotopic (exact) mass is 269 g/mol. The van der Waals surface area contributed by atoms with Crippen LogP contribution in [0.1, 0.15) is 12.0 Å². The van der Waals surface area contributed by atoms with Crippen molar-refractivity contribution in [3.63, 3.8) is 0 Å². The van der Waals surface area contributed by atoms with Gasteiger partial charge >= 0.3 is 0 Å². The lowest BCUT2D eigenvalue weighted by molar-refractivity contribution is 0.317. The highest BCUT2D eigenvalue weighted by Gasteiger charge is 2.20. The van der Waals surface area contributed by atoms with Crippen LogP contribution in [0.15, 0.2) is 22.9 Å². The summed E-state index contributed by atoms with van der Waals surface area (Å²) in [5.74, 6) is 0.685. The van der Waals surface area contributed by atoms with Crippen molar-refractivity contribution in [1.29, 1.82) is 0 Å². The van der Waals surface area contributed by atoms with Gasteiger partial charge in [-0.3, -0.25) is 9.88 Å². The standard InChI is InChI=1S/C11H16BrN3/c12-11-3-10(5-14-6-11)8-15-2-1-9(4-13)7-15/h3,5-6,9H,1-2,4,7-8,13H2. The SMILES string of the molecule is NCC1CCN(Cc2cncc(Br)c2)C1. The van der Waals surface area contributed by atoms with Crippen LogP contribution in [0.3, 0.4) is 0 Å². The average Bonchev–Trinajstić information content (AvgIpc) is 2.65. The van der Waals surface area contributed by atoms with Gasteiger partial charge in [-0.05, 0) is 53.0 Å². The second kappa shape index (κ2) is 5.05. The van der Waals surface area contributed by atoms with Crippen molar-refractivity contribution >= 4 is 15.9 Å². The Morgan fingerprint density at radius 2 is 2.40 bits per heavy atom. The zero-order valence-electron chi connectivity index (χ0n) is 8.69. The summed E-state index contributed by atoms with van der Waals surface area (Å²) >= 11 is 3.44. The highest BCUT2D eigenvalue weighted by atomic mass is 79.9. The lowest BCUT2D eigenvalue weighted by Gasteiger charge is -2.15. The molecule has 0 bridgehead atoms. The van der Waals surface area contributed by atoms with Crippen molar-refractivity contribution in [2.24, 2.45) is 11.7 Å². The molecule has 2 rings (SSSR count). The number of nitrogens with two attached hydrogens (primary N) is 1. The van der Waals surface area contributed by atoms with Gasteiger partial charge in [0.05, 0.1) is 0 Å². The van der Waals surface area contributed by atoms with E-state index in [9.17, 15) is 0 Å². The maximum Gasteiger partial charge on any atom is 0.0410 e. The van der Waals surface area contributed by atoms with Crippen LogP contribution in [0.2, 0.25) is 0 Å². The second-order valence-electron chi connectivity index (χ2n) is 4.14. The van der Waals surface area contributed by atoms with Crippen molar-refractivity contribution in [3.05, 3.63) is 28.5 Å². The Labute approximate surface area is 98.8 Å². The minimum Gasteiger partial charge on any atom is -0.330 e. The first kappa shape index (κ1) is 11.0. The highest BCUT2D eigenvalue weighted by molar-refractivity contribution is 9.10. The fourth-order valence-electron chi connectivity index (χ4n) is 2.05. The van der Waals surface area contributed by atoms with E-state index in [1.54, 1.807) is 0 Å². The lowest BCUT2D eigenvalue weighted by Crippen LogP contribution is -2.22. The molecule has 82 valence electrons. The summed E-state index contributed by atoms with van der Waals surface area (Å²) in [7, 11) is 0. The average molecular weight is 270 g/mol. The number of rotatable bonds is 3. The van der Waals surface area contributed by atoms with Crippen LogP contribution in [0.4, 0.5) is 0 Å². The van der Waals surface area contributed by atoms with Gasteiger partial charge in [-0.2, -0.15) is 0 Å². The third-order valence-electron chi connectivity index (χ3n) is 2.87. The first-order valence-corrected chi connectivity index (χ1v) is 6.09. The summed E-state index contributed by atoms with van der Waals surface area (Å²) in [6.07, 6.45) is 4.98. The molecule has 3 nitrogen and oxygen atoms in total. The van der Waals surface area contributed by atoms with Crippen LogP contribution >= 0.6 is 15.9 Å². The van der Waals surface area contributed by atoms with Crippen molar-refractivity contribution in [2.75, 3.05) is 19.6 Å². The van der Waals surface area contributed by atoms with Gasteiger partial charge in [-0.1, -0.05) is 0 Å². The second-order valence-corrected chi connectivity index (χ2v) is 5.05. The zero-order chi connectivity index (χ0) is 10.7. The zero-order valence-corrected chi connectivity index (χ0v) is 10.3. The Hall–Kier alpha value is -0.450. The van der Waals surface area contributed by atoms with Gasteiger partial charge in [0.1, 0.15) is 0 Å². The molecule has 1 unspecified atom stereocenters. The molecule has 15 heavy (non-hydrogen) atoms. The normalized spacial score (nSPS) is 22.1. The quantitative estimate of drug-likeness (QED) is 0.907. The topological polar surface area (TPSA) is 42.1 Å². The van der Waals surface area contributed by atoms with E-state index in [4.69, 9.17) is 5.73 Å². The summed E-state index contributed by atoms with van der Waals surface area (Å²) in [5.41, 5.74) is 6.93. The third kappa shape index (κ3) is 3.00. The third-order valence-corrected chi connectivity index (χ3v) is 3.30. The molecule has 2 N–H and O–H groups in total. The predicted molar refractivity (Wildman–Crippen MR) is 64.4 cm³/mol. The van der Waals surface area contributed by atoms with E-state index in [2.05, 4.69) is 31.9 Å². The summed E-state index contributed by atoms with van der Waals surface area (Å²) in [5, 5.41) is 0. The van der Waals surface area contributed by atoms with Crippen molar-refractivity contribution in [1.82, 2.24) is 9.88 Å². The van der Waals surface area contributed by atoms with Gasteiger partial charge in [0.25, 0.3) is 0 Å². The molecule has 0 radical (unpaired) electrons. The fourth-order valence-corrected chi connectivity index (χ4v) is 2.46. The van der Waals surface area contributed by atoms with Crippen molar-refractivity contribution in [2.45, 2.75) is 13.0 Å². The first-order chi connectivity index (χ1) is 7.28. The van der Waals surface area contributed by atoms with E-state index in [1.807, 2.05) is 12.4 Å². The van der Waals surface area contributed by atoms with Gasteiger partial charge < -0.3 is 5.73 Å². The van der Waals surface area contributed by atoms with Crippen molar-refractivity contribution in [3.8, 4) is 0 Å². The molecule has 0 spiro atoms. The molecule has 1 saturated heterocycles. The number of hydrogen-bond acceptors (Lipinski definition) is 3. The lowest BCUT2D eigenvalue weighted by atomic mass is 10.1. The summed E-state index contributed by atoms with van der Waals surface area (Å²) < 4.78 is 1.05. The van der Waals surface area contributed by atoms with Gasteiger partial charge in [0, 0.05) is 30.0 Å². The van der Waals surface area contributed by atoms with Gasteiger partial charge in [0.15, 0.2) is 0 Å². The molecule has 0 aromatic carbocycles. The Balaban J connectivity index is 1.92. The van der Waals surface area contributed by atoms with Crippen LogP contribution in [0.5, 0.6) is 0 Å². The van der Waals surface area contributed by atoms with E-state index in [0.29, 0.717) is 5.92 Å². The number of likely N-dealkylation sites (tertiary alicyclic amines) is 1. The largest absolute Gasteiger partial charge is 0.330 e. The van der Waals surface area contributed by atoms with E-state index in [-0.39, 0.29) is 0 Å². The minimum atomic E-state index is 0.685. The first-order valence-electron chi connectivity index (χ1n) is 5.30.